The van der Waals surface area contributed by atoms with Crippen LogP contribution >= 0.6 is 0 Å². The average molecular weight is 1140 g/mol. The maximum absolute atomic E-state index is 12.9. The Labute approximate surface area is 506 Å². The number of aliphatic hydroxyl groups excluding tert-OH is 1. The third-order valence-electron chi connectivity index (χ3n) is 15.2. The molecule has 476 valence electrons. The standard InChI is InChI=1S/C37H69NO2.C31H58O.C6H13NO2/c1-6-9-12-15-18-21-23-26-30-35(31-27-24-22-19-16-13-10-7-2)36(32-28-25-20-17-14-11-8-3)40-37(39)33-29-34-38(4)5;1-4-7-10-13-16-19-21-24-27-30(28-25-22-20-17-14-11-8-5-2)31(32)29-26-23-18-15-12-9-6-3;1-7(2)5-3-4-6(8)9/h18-22,25,35-36H,6-17,23-24,26-34H2,1-5H3;16-20,23,30-32H,4-15,21-22,24-29H2,1-3H3;3-5H2,1-2H3,(H,8,9)/b21-18-,22-19-,25-20-;19-16-,20-17-,23-18-;. The van der Waals surface area contributed by atoms with E-state index in [0.717, 1.165) is 77.3 Å². The fourth-order valence-electron chi connectivity index (χ4n) is 9.99. The lowest BCUT2D eigenvalue weighted by Gasteiger charge is -2.27. The number of allylic oxidation sites excluding steroid dienone is 12. The number of unbranched alkanes of at least 4 members (excludes halogenated alkanes) is 22. The number of carboxylic acids is 1. The van der Waals surface area contributed by atoms with E-state index in [-0.39, 0.29) is 24.6 Å². The molecule has 0 aliphatic heterocycles. The topological polar surface area (TPSA) is 90.3 Å². The van der Waals surface area contributed by atoms with Crippen molar-refractivity contribution in [2.75, 3.05) is 41.3 Å². The summed E-state index contributed by atoms with van der Waals surface area (Å²) < 4.78 is 6.26. The van der Waals surface area contributed by atoms with Crippen molar-refractivity contribution >= 4 is 11.9 Å². The fourth-order valence-corrected chi connectivity index (χ4v) is 9.99. The van der Waals surface area contributed by atoms with Crippen LogP contribution in [-0.4, -0.2) is 85.4 Å². The highest BCUT2D eigenvalue weighted by molar-refractivity contribution is 5.69. The molecule has 7 nitrogen and oxygen atoms in total. The van der Waals surface area contributed by atoms with Gasteiger partial charge in [0.25, 0.3) is 0 Å². The van der Waals surface area contributed by atoms with E-state index in [1.165, 1.54) is 205 Å². The van der Waals surface area contributed by atoms with Crippen LogP contribution in [0.3, 0.4) is 0 Å². The van der Waals surface area contributed by atoms with Crippen molar-refractivity contribution in [1.29, 1.82) is 0 Å². The zero-order valence-electron chi connectivity index (χ0n) is 55.8. The van der Waals surface area contributed by atoms with Crippen LogP contribution in [0, 0.1) is 11.8 Å². The lowest BCUT2D eigenvalue weighted by Crippen LogP contribution is -2.28. The molecule has 0 spiro atoms. The van der Waals surface area contributed by atoms with Crippen molar-refractivity contribution < 1.29 is 24.5 Å². The van der Waals surface area contributed by atoms with Gasteiger partial charge in [0, 0.05) is 12.8 Å². The van der Waals surface area contributed by atoms with Crippen LogP contribution in [-0.2, 0) is 14.3 Å². The lowest BCUT2D eigenvalue weighted by molar-refractivity contribution is -0.152. The third-order valence-corrected chi connectivity index (χ3v) is 15.2. The molecule has 7 heteroatoms. The molecular weight excluding hydrogens is 997 g/mol. The Hall–Kier alpha value is -2.74. The van der Waals surface area contributed by atoms with E-state index in [4.69, 9.17) is 9.84 Å². The normalized spacial score (nSPS) is 12.9. The summed E-state index contributed by atoms with van der Waals surface area (Å²) in [7, 11) is 7.99. The van der Waals surface area contributed by atoms with Gasteiger partial charge in [0.1, 0.15) is 6.10 Å². The molecule has 0 radical (unpaired) electrons. The van der Waals surface area contributed by atoms with Gasteiger partial charge < -0.3 is 24.7 Å². The predicted molar refractivity (Wildman–Crippen MR) is 360 cm³/mol. The van der Waals surface area contributed by atoms with Crippen LogP contribution in [0.25, 0.3) is 0 Å². The molecule has 2 unspecified atom stereocenters. The summed E-state index contributed by atoms with van der Waals surface area (Å²) in [6.45, 7) is 15.3. The zero-order chi connectivity index (χ0) is 60.3. The SMILES string of the molecule is CCCCC/C=C\CCCC(CCC/C=C\CCCCC)C(CC/C=C\CCCCC)OC(=O)CCCN(C)C.CCCCC/C=C\CCCC(CCC/C=C\CCCCC)C(O)CC/C=C\CCCCC.CN(C)CCCC(=O)O. The first-order valence-corrected chi connectivity index (χ1v) is 34.7. The van der Waals surface area contributed by atoms with Crippen LogP contribution in [0.15, 0.2) is 72.9 Å². The molecule has 0 bridgehead atoms. The second-order valence-corrected chi connectivity index (χ2v) is 24.0. The first kappa shape index (κ1) is 82.5. The Morgan fingerprint density at radius 3 is 0.914 bits per heavy atom. The van der Waals surface area contributed by atoms with Crippen molar-refractivity contribution in [1.82, 2.24) is 9.80 Å². The molecule has 0 saturated heterocycles. The molecule has 2 N–H and O–H groups in total. The van der Waals surface area contributed by atoms with E-state index in [9.17, 15) is 14.7 Å². The van der Waals surface area contributed by atoms with Crippen LogP contribution in [0.1, 0.15) is 324 Å². The minimum atomic E-state index is -0.711. The number of carbonyl (C=O) groups is 2. The van der Waals surface area contributed by atoms with E-state index in [1.807, 2.05) is 19.0 Å². The van der Waals surface area contributed by atoms with Gasteiger partial charge in [-0.1, -0.05) is 192 Å². The van der Waals surface area contributed by atoms with E-state index in [0.29, 0.717) is 18.3 Å². The Morgan fingerprint density at radius 2 is 0.617 bits per heavy atom. The molecule has 0 fully saturated rings. The highest BCUT2D eigenvalue weighted by atomic mass is 16.5. The van der Waals surface area contributed by atoms with Gasteiger partial charge in [-0.2, -0.15) is 0 Å². The smallest absolute Gasteiger partial charge is 0.306 e. The van der Waals surface area contributed by atoms with Crippen LogP contribution < -0.4 is 0 Å². The number of aliphatic hydroxyl groups is 1. The zero-order valence-corrected chi connectivity index (χ0v) is 55.8. The number of esters is 1. The molecule has 0 aromatic rings. The average Bonchev–Trinajstić information content (AvgIpc) is 3.44. The number of carbonyl (C=O) groups excluding carboxylic acids is 1. The number of ether oxygens (including phenoxy) is 1. The first-order valence-electron chi connectivity index (χ1n) is 34.7. The van der Waals surface area contributed by atoms with Gasteiger partial charge in [-0.05, 0) is 246 Å². The van der Waals surface area contributed by atoms with E-state index >= 15 is 0 Å². The molecule has 81 heavy (non-hydrogen) atoms. The molecular formula is C74H140N2O5. The summed E-state index contributed by atoms with van der Waals surface area (Å²) in [6, 6.07) is 0. The molecule has 0 amide bonds. The van der Waals surface area contributed by atoms with Crippen LogP contribution in [0.5, 0.6) is 0 Å². The van der Waals surface area contributed by atoms with Crippen molar-refractivity contribution in [3.63, 3.8) is 0 Å². The van der Waals surface area contributed by atoms with Crippen LogP contribution in [0.2, 0.25) is 0 Å². The van der Waals surface area contributed by atoms with E-state index in [1.54, 1.807) is 0 Å². The lowest BCUT2D eigenvalue weighted by atomic mass is 9.88. The molecule has 0 heterocycles. The minimum absolute atomic E-state index is 0.00425. The third kappa shape index (κ3) is 69.7. The molecule has 0 aromatic carbocycles. The minimum Gasteiger partial charge on any atom is -0.481 e. The molecule has 0 aliphatic carbocycles. The molecule has 0 rings (SSSR count). The van der Waals surface area contributed by atoms with E-state index in [2.05, 4.69) is 133 Å². The van der Waals surface area contributed by atoms with Gasteiger partial charge in [-0.25, -0.2) is 0 Å². The van der Waals surface area contributed by atoms with Gasteiger partial charge in [-0.15, -0.1) is 0 Å². The van der Waals surface area contributed by atoms with Gasteiger partial charge in [0.15, 0.2) is 0 Å². The highest BCUT2D eigenvalue weighted by Crippen LogP contribution is 2.28. The number of carboxylic acid groups (broad SMARTS) is 1. The Bertz CT molecular complexity index is 1400. The van der Waals surface area contributed by atoms with E-state index < -0.39 is 5.97 Å². The number of rotatable bonds is 57. The monoisotopic (exact) mass is 1140 g/mol. The Kier molecular flexibility index (Phi) is 71.0. The summed E-state index contributed by atoms with van der Waals surface area (Å²) in [5, 5.41) is 19.1. The molecule has 0 saturated carbocycles. The first-order chi connectivity index (χ1) is 39.4. The van der Waals surface area contributed by atoms with Crippen molar-refractivity contribution in [3.05, 3.63) is 72.9 Å². The fraction of sp³-hybridized carbons (Fsp3) is 0.811. The second kappa shape index (κ2) is 69.8. The number of hydrogen-bond donors (Lipinski definition) is 2. The summed E-state index contributed by atoms with van der Waals surface area (Å²) in [5.41, 5.74) is 0. The number of hydrogen-bond acceptors (Lipinski definition) is 6. The Balaban J connectivity index is -0.00000132. The quantitative estimate of drug-likeness (QED) is 0.0356. The highest BCUT2D eigenvalue weighted by Gasteiger charge is 2.24. The Morgan fingerprint density at radius 1 is 0.346 bits per heavy atom. The van der Waals surface area contributed by atoms with Crippen molar-refractivity contribution in [2.24, 2.45) is 11.8 Å². The second-order valence-electron chi connectivity index (χ2n) is 24.0. The maximum atomic E-state index is 12.9. The number of nitrogens with zero attached hydrogens (tertiary/aromatic N) is 2. The van der Waals surface area contributed by atoms with Gasteiger partial charge >= 0.3 is 11.9 Å². The number of aliphatic carboxylic acids is 1. The summed E-state index contributed by atoms with van der Waals surface area (Å²) in [6.07, 6.45) is 79.3. The molecule has 2 atom stereocenters. The summed E-state index contributed by atoms with van der Waals surface area (Å²) >= 11 is 0. The van der Waals surface area contributed by atoms with Crippen molar-refractivity contribution in [2.45, 2.75) is 336 Å². The molecule has 0 aliphatic rings. The summed E-state index contributed by atoms with van der Waals surface area (Å²) in [4.78, 5) is 26.9. The van der Waals surface area contributed by atoms with Crippen LogP contribution in [0.4, 0.5) is 0 Å². The molecule has 0 aromatic heterocycles. The largest absolute Gasteiger partial charge is 0.481 e. The maximum Gasteiger partial charge on any atom is 0.306 e. The van der Waals surface area contributed by atoms with Crippen molar-refractivity contribution in [3.8, 4) is 0 Å². The predicted octanol–water partition coefficient (Wildman–Crippen LogP) is 22.3. The summed E-state index contributed by atoms with van der Waals surface area (Å²) in [5.74, 6) is 0.200. The van der Waals surface area contributed by atoms with Gasteiger partial charge in [0.2, 0.25) is 0 Å². The van der Waals surface area contributed by atoms with Gasteiger partial charge in [0.05, 0.1) is 6.10 Å². The van der Waals surface area contributed by atoms with Gasteiger partial charge in [-0.3, -0.25) is 9.59 Å².